The first kappa shape index (κ1) is 8.00. The van der Waals surface area contributed by atoms with Crippen LogP contribution in [0.5, 0.6) is 0 Å². The Morgan fingerprint density at radius 3 is 3.00 bits per heavy atom. The van der Waals surface area contributed by atoms with Gasteiger partial charge in [-0.2, -0.15) is 0 Å². The molecule has 1 aliphatic rings. The van der Waals surface area contributed by atoms with Gasteiger partial charge in [0.15, 0.2) is 0 Å². The maximum absolute atomic E-state index is 10.8. The molecule has 0 aromatic rings. The van der Waals surface area contributed by atoms with Crippen LogP contribution in [0, 0.1) is 5.92 Å². The summed E-state index contributed by atoms with van der Waals surface area (Å²) in [7, 11) is 1.31. The van der Waals surface area contributed by atoms with Crippen LogP contribution < -0.4 is 10.9 Å². The van der Waals surface area contributed by atoms with Crippen LogP contribution in [-0.4, -0.2) is 25.5 Å². The molecule has 0 spiro atoms. The Morgan fingerprint density at radius 2 is 2.55 bits per heavy atom. The van der Waals surface area contributed by atoms with Gasteiger partial charge in [0.1, 0.15) is 0 Å². The van der Waals surface area contributed by atoms with Crippen molar-refractivity contribution in [2.75, 3.05) is 13.7 Å². The molecule has 1 amide bonds. The minimum atomic E-state index is -0.353. The number of hydrazine groups is 1. The van der Waals surface area contributed by atoms with Gasteiger partial charge in [0, 0.05) is 6.54 Å². The number of carbonyl (C=O) groups is 2. The van der Waals surface area contributed by atoms with Crippen LogP contribution >= 0.6 is 0 Å². The van der Waals surface area contributed by atoms with Gasteiger partial charge in [-0.15, -0.1) is 0 Å². The number of hydrogen-bond acceptors (Lipinski definition) is 4. The quantitative estimate of drug-likeness (QED) is 0.495. The minimum Gasteiger partial charge on any atom is -0.469 e. The zero-order valence-corrected chi connectivity index (χ0v) is 6.22. The second-order valence-corrected chi connectivity index (χ2v) is 2.35. The molecule has 5 heteroatoms. The van der Waals surface area contributed by atoms with Gasteiger partial charge in [-0.1, -0.05) is 0 Å². The van der Waals surface area contributed by atoms with Crippen LogP contribution in [0.4, 0.5) is 0 Å². The molecule has 1 saturated heterocycles. The first-order valence-corrected chi connectivity index (χ1v) is 3.33. The molecule has 1 heterocycles. The lowest BCUT2D eigenvalue weighted by atomic mass is 10.1. The summed E-state index contributed by atoms with van der Waals surface area (Å²) >= 11 is 0. The summed E-state index contributed by atoms with van der Waals surface area (Å²) in [5.74, 6) is -0.772. The molecule has 1 rings (SSSR count). The number of nitrogens with one attached hydrogen (secondary N) is 2. The van der Waals surface area contributed by atoms with Gasteiger partial charge in [0.05, 0.1) is 19.4 Å². The van der Waals surface area contributed by atoms with Crippen molar-refractivity contribution in [3.63, 3.8) is 0 Å². The molecule has 0 aromatic heterocycles. The Kier molecular flexibility index (Phi) is 2.43. The number of hydrogen-bond donors (Lipinski definition) is 2. The van der Waals surface area contributed by atoms with Crippen molar-refractivity contribution in [2.45, 2.75) is 6.42 Å². The van der Waals surface area contributed by atoms with E-state index >= 15 is 0 Å². The first-order chi connectivity index (χ1) is 5.24. The molecule has 1 aliphatic heterocycles. The van der Waals surface area contributed by atoms with E-state index in [1.165, 1.54) is 7.11 Å². The summed E-state index contributed by atoms with van der Waals surface area (Å²) in [6.07, 6.45) is 0.148. The zero-order chi connectivity index (χ0) is 8.27. The van der Waals surface area contributed by atoms with Crippen LogP contribution in [-0.2, 0) is 14.3 Å². The zero-order valence-electron chi connectivity index (χ0n) is 6.22. The van der Waals surface area contributed by atoms with Gasteiger partial charge in [0.2, 0.25) is 5.91 Å². The standard InChI is InChI=1S/C6H10N2O3/c1-11-5(9)2-4-3-7-8-6(4)10/h4,7H,2-3H2,1H3,(H,8,10)/t4-/m0/s1. The topological polar surface area (TPSA) is 67.4 Å². The lowest BCUT2D eigenvalue weighted by Crippen LogP contribution is -2.26. The average molecular weight is 158 g/mol. The molecule has 0 aliphatic carbocycles. The Morgan fingerprint density at radius 1 is 1.82 bits per heavy atom. The normalized spacial score (nSPS) is 23.0. The van der Waals surface area contributed by atoms with E-state index in [0.29, 0.717) is 6.54 Å². The van der Waals surface area contributed by atoms with Crippen molar-refractivity contribution in [3.05, 3.63) is 0 Å². The third-order valence-electron chi connectivity index (χ3n) is 1.57. The fourth-order valence-corrected chi connectivity index (χ4v) is 0.905. The molecule has 0 radical (unpaired) electrons. The third kappa shape index (κ3) is 1.91. The van der Waals surface area contributed by atoms with Crippen LogP contribution in [0.25, 0.3) is 0 Å². The van der Waals surface area contributed by atoms with Crippen LogP contribution in [0.3, 0.4) is 0 Å². The molecule has 62 valence electrons. The third-order valence-corrected chi connectivity index (χ3v) is 1.57. The van der Waals surface area contributed by atoms with E-state index in [1.54, 1.807) is 0 Å². The monoisotopic (exact) mass is 158 g/mol. The lowest BCUT2D eigenvalue weighted by molar-refractivity contribution is -0.143. The lowest BCUT2D eigenvalue weighted by Gasteiger charge is -2.01. The van der Waals surface area contributed by atoms with Crippen molar-refractivity contribution in [2.24, 2.45) is 5.92 Å². The van der Waals surface area contributed by atoms with Gasteiger partial charge < -0.3 is 4.74 Å². The van der Waals surface area contributed by atoms with Crippen molar-refractivity contribution in [3.8, 4) is 0 Å². The van der Waals surface area contributed by atoms with E-state index in [1.807, 2.05) is 0 Å². The highest BCUT2D eigenvalue weighted by Crippen LogP contribution is 2.06. The number of methoxy groups -OCH3 is 1. The summed E-state index contributed by atoms with van der Waals surface area (Å²) in [5, 5.41) is 0. The summed E-state index contributed by atoms with van der Waals surface area (Å²) in [4.78, 5) is 21.5. The molecule has 0 bridgehead atoms. The second kappa shape index (κ2) is 3.34. The predicted octanol–water partition coefficient (Wildman–Crippen LogP) is -1.20. The number of esters is 1. The Labute approximate surface area is 64.1 Å². The molecule has 0 unspecified atom stereocenters. The van der Waals surface area contributed by atoms with Crippen molar-refractivity contribution >= 4 is 11.9 Å². The Hall–Kier alpha value is -1.10. The van der Waals surface area contributed by atoms with E-state index in [2.05, 4.69) is 15.6 Å². The molecule has 5 nitrogen and oxygen atoms in total. The van der Waals surface area contributed by atoms with Crippen LogP contribution in [0.15, 0.2) is 0 Å². The van der Waals surface area contributed by atoms with Gasteiger partial charge in [-0.25, -0.2) is 5.43 Å². The van der Waals surface area contributed by atoms with Gasteiger partial charge >= 0.3 is 5.97 Å². The highest BCUT2D eigenvalue weighted by Gasteiger charge is 2.26. The number of ether oxygens (including phenoxy) is 1. The first-order valence-electron chi connectivity index (χ1n) is 3.33. The number of rotatable bonds is 2. The van der Waals surface area contributed by atoms with Crippen molar-refractivity contribution in [1.29, 1.82) is 0 Å². The Balaban J connectivity index is 2.36. The summed E-state index contributed by atoms with van der Waals surface area (Å²) < 4.78 is 4.41. The van der Waals surface area contributed by atoms with Gasteiger partial charge in [-0.05, 0) is 0 Å². The van der Waals surface area contributed by atoms with Crippen LogP contribution in [0.2, 0.25) is 0 Å². The molecule has 1 fully saturated rings. The molecule has 0 saturated carbocycles. The maximum Gasteiger partial charge on any atom is 0.306 e. The Bertz CT molecular complexity index is 181. The number of carbonyl (C=O) groups excluding carboxylic acids is 2. The summed E-state index contributed by atoms with van der Waals surface area (Å²) in [6, 6.07) is 0. The molecule has 11 heavy (non-hydrogen) atoms. The van der Waals surface area contributed by atoms with E-state index in [9.17, 15) is 9.59 Å². The summed E-state index contributed by atoms with van der Waals surface area (Å²) in [5.41, 5.74) is 5.05. The SMILES string of the molecule is COC(=O)C[C@H]1CNNC1=O. The smallest absolute Gasteiger partial charge is 0.306 e. The largest absolute Gasteiger partial charge is 0.469 e. The average Bonchev–Trinajstić information content (AvgIpc) is 2.37. The molecule has 0 aromatic carbocycles. The van der Waals surface area contributed by atoms with Crippen molar-refractivity contribution < 1.29 is 14.3 Å². The van der Waals surface area contributed by atoms with Crippen molar-refractivity contribution in [1.82, 2.24) is 10.9 Å². The minimum absolute atomic E-state index is 0.143. The highest BCUT2D eigenvalue weighted by molar-refractivity contribution is 5.84. The molecular weight excluding hydrogens is 148 g/mol. The highest BCUT2D eigenvalue weighted by atomic mass is 16.5. The molecule has 2 N–H and O–H groups in total. The summed E-state index contributed by atoms with van der Waals surface area (Å²) in [6.45, 7) is 0.494. The van der Waals surface area contributed by atoms with Gasteiger partial charge in [0.25, 0.3) is 0 Å². The maximum atomic E-state index is 10.8. The fraction of sp³-hybridized carbons (Fsp3) is 0.667. The van der Waals surface area contributed by atoms with Gasteiger partial charge in [-0.3, -0.25) is 15.0 Å². The van der Waals surface area contributed by atoms with Crippen LogP contribution in [0.1, 0.15) is 6.42 Å². The van der Waals surface area contributed by atoms with E-state index in [0.717, 1.165) is 0 Å². The van der Waals surface area contributed by atoms with E-state index < -0.39 is 0 Å². The molecular formula is C6H10N2O3. The fourth-order valence-electron chi connectivity index (χ4n) is 0.905. The predicted molar refractivity (Wildman–Crippen MR) is 36.3 cm³/mol. The van der Waals surface area contributed by atoms with E-state index in [4.69, 9.17) is 0 Å². The number of amides is 1. The molecule has 1 atom stereocenters. The second-order valence-electron chi connectivity index (χ2n) is 2.35. The van der Waals surface area contributed by atoms with E-state index in [-0.39, 0.29) is 24.2 Å².